The number of imidazole rings is 1. The van der Waals surface area contributed by atoms with Gasteiger partial charge in [-0.05, 0) is 23.8 Å². The summed E-state index contributed by atoms with van der Waals surface area (Å²) in [6.07, 6.45) is -2.51. The number of nitrogens with zero attached hydrogens (tertiary/aromatic N) is 3. The number of para-hydroxylation sites is 2. The number of aromatic nitrogens is 2. The molecule has 4 nitrogen and oxygen atoms in total. The number of fused-ring (bicyclic) bond motifs is 1. The smallest absolute Gasteiger partial charge is 0.332 e. The summed E-state index contributed by atoms with van der Waals surface area (Å²) < 4.78 is 40.6. The molecule has 0 fully saturated rings. The lowest BCUT2D eigenvalue weighted by Gasteiger charge is -2.31. The molecular formula is C18H24F3N3OS. The van der Waals surface area contributed by atoms with Crippen molar-refractivity contribution in [3.05, 3.63) is 30.1 Å². The number of benzene rings is 1. The van der Waals surface area contributed by atoms with Crippen molar-refractivity contribution in [3.8, 4) is 0 Å². The lowest BCUT2D eigenvalue weighted by molar-refractivity contribution is -0.163. The largest absolute Gasteiger partial charge is 0.406 e. The van der Waals surface area contributed by atoms with Crippen LogP contribution in [-0.4, -0.2) is 45.9 Å². The predicted molar refractivity (Wildman–Crippen MR) is 99.0 cm³/mol. The van der Waals surface area contributed by atoms with Crippen LogP contribution in [0, 0.1) is 5.41 Å². The van der Waals surface area contributed by atoms with E-state index in [0.717, 1.165) is 15.9 Å². The topological polar surface area (TPSA) is 38.1 Å². The second kappa shape index (κ2) is 7.90. The van der Waals surface area contributed by atoms with Crippen LogP contribution in [0.2, 0.25) is 0 Å². The van der Waals surface area contributed by atoms with Crippen LogP contribution in [0.15, 0.2) is 24.3 Å². The zero-order valence-corrected chi connectivity index (χ0v) is 16.2. The molecule has 26 heavy (non-hydrogen) atoms. The molecule has 0 spiro atoms. The van der Waals surface area contributed by atoms with Gasteiger partial charge in [0.05, 0.1) is 16.8 Å². The van der Waals surface area contributed by atoms with Gasteiger partial charge in [-0.15, -0.1) is 0 Å². The molecule has 0 atom stereocenters. The van der Waals surface area contributed by atoms with Crippen molar-refractivity contribution < 1.29 is 18.0 Å². The summed E-state index contributed by atoms with van der Waals surface area (Å²) in [5.41, 5.74) is 1.06. The lowest BCUT2D eigenvalue weighted by Crippen LogP contribution is -2.44. The van der Waals surface area contributed by atoms with Crippen LogP contribution >= 0.6 is 11.8 Å². The zero-order chi connectivity index (χ0) is 19.5. The minimum Gasteiger partial charge on any atom is -0.332 e. The first kappa shape index (κ1) is 20.6. The average Bonchev–Trinajstić information content (AvgIpc) is 2.82. The van der Waals surface area contributed by atoms with E-state index in [-0.39, 0.29) is 13.1 Å². The number of rotatable bonds is 6. The number of hydrogen-bond acceptors (Lipinski definition) is 3. The van der Waals surface area contributed by atoms with Crippen molar-refractivity contribution in [2.75, 3.05) is 19.3 Å². The van der Waals surface area contributed by atoms with Gasteiger partial charge in [0.15, 0.2) is 0 Å². The molecule has 0 aliphatic heterocycles. The molecule has 0 N–H and O–H groups in total. The van der Waals surface area contributed by atoms with E-state index in [4.69, 9.17) is 0 Å². The molecule has 1 aromatic carbocycles. The number of halogens is 3. The van der Waals surface area contributed by atoms with Gasteiger partial charge in [0.25, 0.3) is 0 Å². The third kappa shape index (κ3) is 5.65. The third-order valence-electron chi connectivity index (χ3n) is 3.69. The second-order valence-electron chi connectivity index (χ2n) is 7.46. The molecule has 1 aromatic heterocycles. The molecule has 1 amide bonds. The predicted octanol–water partition coefficient (Wildman–Crippen LogP) is 4.34. The van der Waals surface area contributed by atoms with Gasteiger partial charge in [-0.25, -0.2) is 4.98 Å². The molecule has 2 rings (SSSR count). The summed E-state index contributed by atoms with van der Waals surface area (Å²) in [7, 11) is 0. The Morgan fingerprint density at radius 3 is 2.42 bits per heavy atom. The minimum absolute atomic E-state index is 0.0375. The van der Waals surface area contributed by atoms with Crippen molar-refractivity contribution >= 4 is 28.7 Å². The normalized spacial score (nSPS) is 12.6. The van der Waals surface area contributed by atoms with E-state index in [1.807, 2.05) is 51.3 Å². The molecule has 144 valence electrons. The number of thioether (sulfide) groups is 1. The molecule has 0 aliphatic carbocycles. The van der Waals surface area contributed by atoms with Gasteiger partial charge in [0.1, 0.15) is 18.9 Å². The Morgan fingerprint density at radius 2 is 1.85 bits per heavy atom. The Hall–Kier alpha value is -1.70. The highest BCUT2D eigenvalue weighted by molar-refractivity contribution is 7.97. The fraction of sp³-hybridized carbons (Fsp3) is 0.556. The molecule has 2 aromatic rings. The first-order chi connectivity index (χ1) is 12.0. The van der Waals surface area contributed by atoms with Crippen LogP contribution in [0.1, 0.15) is 26.6 Å². The summed E-state index contributed by atoms with van der Waals surface area (Å²) in [6, 6.07) is 7.34. The van der Waals surface area contributed by atoms with Crippen LogP contribution < -0.4 is 0 Å². The minimum atomic E-state index is -4.43. The van der Waals surface area contributed by atoms with Crippen molar-refractivity contribution in [1.29, 1.82) is 0 Å². The Kier molecular flexibility index (Phi) is 6.26. The van der Waals surface area contributed by atoms with Crippen molar-refractivity contribution in [3.63, 3.8) is 0 Å². The van der Waals surface area contributed by atoms with Crippen molar-refractivity contribution in [2.24, 2.45) is 5.41 Å². The van der Waals surface area contributed by atoms with Crippen LogP contribution in [0.4, 0.5) is 13.2 Å². The Bertz CT molecular complexity index is 749. The molecule has 0 saturated heterocycles. The van der Waals surface area contributed by atoms with Crippen molar-refractivity contribution in [1.82, 2.24) is 14.5 Å². The number of carbonyl (C=O) groups is 1. The van der Waals surface area contributed by atoms with Crippen LogP contribution in [0.3, 0.4) is 0 Å². The van der Waals surface area contributed by atoms with E-state index in [1.165, 1.54) is 0 Å². The maximum Gasteiger partial charge on any atom is 0.406 e. The molecule has 0 aliphatic rings. The number of alkyl halides is 3. The van der Waals surface area contributed by atoms with E-state index in [2.05, 4.69) is 4.98 Å². The maximum absolute atomic E-state index is 13.0. The van der Waals surface area contributed by atoms with E-state index in [0.29, 0.717) is 11.6 Å². The third-order valence-corrected chi connectivity index (χ3v) is 4.24. The molecule has 0 saturated carbocycles. The van der Waals surface area contributed by atoms with Gasteiger partial charge in [-0.3, -0.25) is 4.79 Å². The summed E-state index contributed by atoms with van der Waals surface area (Å²) in [5, 5.41) is 0. The second-order valence-corrected chi connectivity index (χ2v) is 8.33. The maximum atomic E-state index is 13.0. The summed E-state index contributed by atoms with van der Waals surface area (Å²) in [4.78, 5) is 18.2. The molecule has 1 heterocycles. The van der Waals surface area contributed by atoms with E-state index >= 15 is 0 Å². The van der Waals surface area contributed by atoms with Crippen LogP contribution in [-0.2, 0) is 17.1 Å². The molecular weight excluding hydrogens is 363 g/mol. The molecule has 0 bridgehead atoms. The first-order valence-electron chi connectivity index (χ1n) is 8.28. The number of hydrogen-bond donors (Lipinski definition) is 0. The highest BCUT2D eigenvalue weighted by Crippen LogP contribution is 2.23. The summed E-state index contributed by atoms with van der Waals surface area (Å²) in [5.74, 6) is 0.720. The molecule has 0 unspecified atom stereocenters. The summed E-state index contributed by atoms with van der Waals surface area (Å²) >= 11 is 1.55. The fourth-order valence-corrected chi connectivity index (χ4v) is 3.28. The quantitative estimate of drug-likeness (QED) is 0.740. The highest BCUT2D eigenvalue weighted by atomic mass is 32.2. The molecule has 8 heteroatoms. The molecule has 0 radical (unpaired) electrons. The average molecular weight is 387 g/mol. The Morgan fingerprint density at radius 1 is 1.19 bits per heavy atom. The van der Waals surface area contributed by atoms with Gasteiger partial charge >= 0.3 is 6.18 Å². The SMILES string of the molecule is CSCc1nc2ccccc2n1CC(=O)N(CC(C)(C)C)CC(F)(F)F. The lowest BCUT2D eigenvalue weighted by atomic mass is 9.96. The van der Waals surface area contributed by atoms with Crippen molar-refractivity contribution in [2.45, 2.75) is 39.2 Å². The van der Waals surface area contributed by atoms with Gasteiger partial charge in [0.2, 0.25) is 5.91 Å². The fourth-order valence-electron chi connectivity index (χ4n) is 2.80. The first-order valence-corrected chi connectivity index (χ1v) is 9.67. The van der Waals surface area contributed by atoms with E-state index in [1.54, 1.807) is 16.3 Å². The monoisotopic (exact) mass is 387 g/mol. The standard InChI is InChI=1S/C18H24F3N3OS/c1-17(2,3)11-23(12-18(19,20)21)16(25)9-24-14-8-6-5-7-13(14)22-15(24)10-26-4/h5-8H,9-12H2,1-4H3. The number of amides is 1. The van der Waals surface area contributed by atoms with Gasteiger partial charge in [0, 0.05) is 6.54 Å². The van der Waals surface area contributed by atoms with E-state index < -0.39 is 24.0 Å². The zero-order valence-electron chi connectivity index (χ0n) is 15.4. The number of carbonyl (C=O) groups excluding carboxylic acids is 1. The van der Waals surface area contributed by atoms with Gasteiger partial charge in [-0.2, -0.15) is 24.9 Å². The highest BCUT2D eigenvalue weighted by Gasteiger charge is 2.35. The van der Waals surface area contributed by atoms with Crippen LogP contribution in [0.25, 0.3) is 11.0 Å². The van der Waals surface area contributed by atoms with E-state index in [9.17, 15) is 18.0 Å². The Labute approximate surface area is 155 Å². The summed E-state index contributed by atoms with van der Waals surface area (Å²) in [6.45, 7) is 4.09. The Balaban J connectivity index is 2.33. The van der Waals surface area contributed by atoms with Gasteiger partial charge < -0.3 is 9.47 Å². The van der Waals surface area contributed by atoms with Gasteiger partial charge in [-0.1, -0.05) is 32.9 Å². The van der Waals surface area contributed by atoms with Crippen LogP contribution in [0.5, 0.6) is 0 Å².